The number of ether oxygens (including phenoxy) is 1. The number of benzene rings is 2. The van der Waals surface area contributed by atoms with Gasteiger partial charge in [0, 0.05) is 36.6 Å². The molecule has 8 heteroatoms. The lowest BCUT2D eigenvalue weighted by atomic mass is 9.90. The summed E-state index contributed by atoms with van der Waals surface area (Å²) in [5.74, 6) is -0.0415. The fourth-order valence-electron chi connectivity index (χ4n) is 4.04. The summed E-state index contributed by atoms with van der Waals surface area (Å²) in [6.45, 7) is 12.4. The predicted molar refractivity (Wildman–Crippen MR) is 146 cm³/mol. The minimum atomic E-state index is -0.855. The van der Waals surface area contributed by atoms with Gasteiger partial charge in [-0.25, -0.2) is 4.98 Å². The second-order valence-corrected chi connectivity index (χ2v) is 10.4. The number of morpholine rings is 1. The van der Waals surface area contributed by atoms with Crippen LogP contribution in [0.2, 0.25) is 5.02 Å². The van der Waals surface area contributed by atoms with Gasteiger partial charge in [0.15, 0.2) is 0 Å². The number of hydrogen-bond acceptors (Lipinski definition) is 6. The van der Waals surface area contributed by atoms with Crippen LogP contribution >= 0.6 is 11.6 Å². The first-order valence-corrected chi connectivity index (χ1v) is 12.6. The molecule has 4 rings (SSSR count). The van der Waals surface area contributed by atoms with E-state index in [1.165, 1.54) is 0 Å². The van der Waals surface area contributed by atoms with Crippen molar-refractivity contribution < 1.29 is 19.7 Å². The van der Waals surface area contributed by atoms with Crippen molar-refractivity contribution in [2.45, 2.75) is 39.7 Å². The molecule has 2 aromatic carbocycles. The SMILES string of the molecule is CC(C)(C)O.Cc1cc2nc(NCCN3CCOCC3)ccc2c(-c2ccc(Cl)cc2)c1CC(=O)O. The number of halogens is 1. The molecule has 0 aliphatic carbocycles. The number of hydrogen-bond donors (Lipinski definition) is 3. The van der Waals surface area contributed by atoms with E-state index in [4.69, 9.17) is 26.4 Å². The number of carboxylic acid groups (broad SMARTS) is 1. The standard InChI is InChI=1S/C24H26ClN3O3.C4H10O/c1-16-14-21-19(6-7-22(27-21)26-8-9-28-10-12-31-13-11-28)24(20(16)15-23(29)30)17-2-4-18(25)5-3-17;1-4(2,3)5/h2-7,14H,8-13,15H2,1H3,(H,26,27)(H,29,30);5H,1-3H3. The van der Waals surface area contributed by atoms with Crippen LogP contribution in [-0.4, -0.2) is 71.1 Å². The number of aryl methyl sites for hydroxylation is 1. The molecule has 0 spiro atoms. The first-order valence-electron chi connectivity index (χ1n) is 12.2. The Bertz CT molecular complexity index is 1160. The van der Waals surface area contributed by atoms with Gasteiger partial charge in [0.2, 0.25) is 0 Å². The van der Waals surface area contributed by atoms with Crippen LogP contribution in [0.5, 0.6) is 0 Å². The van der Waals surface area contributed by atoms with Gasteiger partial charge in [-0.1, -0.05) is 23.7 Å². The predicted octanol–water partition coefficient (Wildman–Crippen LogP) is 5.01. The van der Waals surface area contributed by atoms with E-state index in [1.807, 2.05) is 49.4 Å². The average Bonchev–Trinajstić information content (AvgIpc) is 2.80. The molecule has 1 aliphatic rings. The molecule has 3 N–H and O–H groups in total. The zero-order valence-corrected chi connectivity index (χ0v) is 22.2. The first kappa shape index (κ1) is 27.9. The molecule has 0 atom stereocenters. The molecule has 2 heterocycles. The maximum Gasteiger partial charge on any atom is 0.307 e. The molecule has 1 fully saturated rings. The van der Waals surface area contributed by atoms with Gasteiger partial charge in [-0.2, -0.15) is 0 Å². The normalized spacial score (nSPS) is 14.3. The Hall–Kier alpha value is -2.71. The number of rotatable bonds is 7. The number of carbonyl (C=O) groups is 1. The van der Waals surface area contributed by atoms with Gasteiger partial charge in [0.25, 0.3) is 0 Å². The van der Waals surface area contributed by atoms with Crippen molar-refractivity contribution in [2.24, 2.45) is 0 Å². The summed E-state index contributed by atoms with van der Waals surface area (Å²) in [6.07, 6.45) is -0.0424. The van der Waals surface area contributed by atoms with E-state index in [2.05, 4.69) is 10.2 Å². The minimum Gasteiger partial charge on any atom is -0.481 e. The summed E-state index contributed by atoms with van der Waals surface area (Å²) in [4.78, 5) is 18.7. The molecule has 36 heavy (non-hydrogen) atoms. The van der Waals surface area contributed by atoms with Crippen molar-refractivity contribution in [2.75, 3.05) is 44.7 Å². The van der Waals surface area contributed by atoms with E-state index >= 15 is 0 Å². The molecule has 7 nitrogen and oxygen atoms in total. The fraction of sp³-hybridized carbons (Fsp3) is 0.429. The second kappa shape index (κ2) is 12.5. The Morgan fingerprint density at radius 3 is 2.39 bits per heavy atom. The quantitative estimate of drug-likeness (QED) is 0.408. The van der Waals surface area contributed by atoms with Gasteiger partial charge >= 0.3 is 5.97 Å². The van der Waals surface area contributed by atoms with Crippen LogP contribution in [0.25, 0.3) is 22.0 Å². The number of pyridine rings is 1. The number of aliphatic carboxylic acids is 1. The molecule has 1 aromatic heterocycles. The number of aliphatic hydroxyl groups is 1. The van der Waals surface area contributed by atoms with Crippen molar-refractivity contribution >= 4 is 34.3 Å². The minimum absolute atomic E-state index is 0.0424. The molecule has 1 aliphatic heterocycles. The van der Waals surface area contributed by atoms with Gasteiger partial charge in [0.1, 0.15) is 5.82 Å². The number of nitrogens with zero attached hydrogens (tertiary/aromatic N) is 2. The van der Waals surface area contributed by atoms with Gasteiger partial charge in [-0.05, 0) is 80.3 Å². The lowest BCUT2D eigenvalue weighted by Crippen LogP contribution is -2.39. The maximum absolute atomic E-state index is 11.5. The maximum atomic E-state index is 11.5. The van der Waals surface area contributed by atoms with Crippen LogP contribution in [0.4, 0.5) is 5.82 Å². The third-order valence-electron chi connectivity index (χ3n) is 5.62. The number of carboxylic acids is 1. The van der Waals surface area contributed by atoms with Crippen LogP contribution in [0.15, 0.2) is 42.5 Å². The van der Waals surface area contributed by atoms with E-state index < -0.39 is 11.6 Å². The summed E-state index contributed by atoms with van der Waals surface area (Å²) in [5.41, 5.74) is 3.90. The number of fused-ring (bicyclic) bond motifs is 1. The Balaban J connectivity index is 0.000000658. The van der Waals surface area contributed by atoms with E-state index in [-0.39, 0.29) is 6.42 Å². The Labute approximate surface area is 218 Å². The Morgan fingerprint density at radius 1 is 1.14 bits per heavy atom. The fourth-order valence-corrected chi connectivity index (χ4v) is 4.16. The average molecular weight is 514 g/mol. The van der Waals surface area contributed by atoms with Crippen LogP contribution < -0.4 is 5.32 Å². The summed E-state index contributed by atoms with van der Waals surface area (Å²) in [6, 6.07) is 13.5. The van der Waals surface area contributed by atoms with E-state index in [1.54, 1.807) is 20.8 Å². The van der Waals surface area contributed by atoms with E-state index in [9.17, 15) is 9.90 Å². The highest BCUT2D eigenvalue weighted by atomic mass is 35.5. The molecular weight excluding hydrogens is 478 g/mol. The zero-order chi connectivity index (χ0) is 26.3. The smallest absolute Gasteiger partial charge is 0.307 e. The summed E-state index contributed by atoms with van der Waals surface area (Å²) >= 11 is 6.07. The Morgan fingerprint density at radius 2 is 1.78 bits per heavy atom. The molecule has 0 bridgehead atoms. The third kappa shape index (κ3) is 8.45. The van der Waals surface area contributed by atoms with Gasteiger partial charge in [-0.3, -0.25) is 9.69 Å². The van der Waals surface area contributed by atoms with Crippen molar-refractivity contribution in [1.82, 2.24) is 9.88 Å². The molecule has 3 aromatic rings. The monoisotopic (exact) mass is 513 g/mol. The number of anilines is 1. The third-order valence-corrected chi connectivity index (χ3v) is 5.88. The molecule has 0 saturated carbocycles. The second-order valence-electron chi connectivity index (χ2n) is 9.94. The van der Waals surface area contributed by atoms with Crippen LogP contribution in [0, 0.1) is 6.92 Å². The van der Waals surface area contributed by atoms with Crippen molar-refractivity contribution in [3.05, 3.63) is 58.6 Å². The molecule has 0 amide bonds. The molecule has 0 unspecified atom stereocenters. The number of aromatic nitrogens is 1. The highest BCUT2D eigenvalue weighted by Gasteiger charge is 2.17. The van der Waals surface area contributed by atoms with Crippen molar-refractivity contribution in [3.8, 4) is 11.1 Å². The van der Waals surface area contributed by atoms with Crippen molar-refractivity contribution in [3.63, 3.8) is 0 Å². The van der Waals surface area contributed by atoms with Gasteiger partial charge in [0.05, 0.1) is 30.8 Å². The molecule has 1 saturated heterocycles. The first-order chi connectivity index (χ1) is 17.0. The van der Waals surface area contributed by atoms with Gasteiger partial charge < -0.3 is 20.3 Å². The number of nitrogens with one attached hydrogen (secondary N) is 1. The van der Waals surface area contributed by atoms with E-state index in [0.29, 0.717) is 5.02 Å². The lowest BCUT2D eigenvalue weighted by molar-refractivity contribution is -0.136. The summed E-state index contributed by atoms with van der Waals surface area (Å²) in [7, 11) is 0. The molecular formula is C28H36ClN3O4. The lowest BCUT2D eigenvalue weighted by Gasteiger charge is -2.26. The highest BCUT2D eigenvalue weighted by Crippen LogP contribution is 2.35. The largest absolute Gasteiger partial charge is 0.481 e. The van der Waals surface area contributed by atoms with Crippen LogP contribution in [0.3, 0.4) is 0 Å². The van der Waals surface area contributed by atoms with Crippen LogP contribution in [0.1, 0.15) is 31.9 Å². The van der Waals surface area contributed by atoms with Crippen LogP contribution in [-0.2, 0) is 16.0 Å². The zero-order valence-electron chi connectivity index (χ0n) is 21.5. The topological polar surface area (TPSA) is 94.9 Å². The Kier molecular flexibility index (Phi) is 9.68. The molecule has 0 radical (unpaired) electrons. The van der Waals surface area contributed by atoms with E-state index in [0.717, 1.165) is 78.4 Å². The molecule has 194 valence electrons. The summed E-state index contributed by atoms with van der Waals surface area (Å²) in [5, 5.41) is 23.0. The van der Waals surface area contributed by atoms with Crippen molar-refractivity contribution in [1.29, 1.82) is 0 Å². The van der Waals surface area contributed by atoms with Gasteiger partial charge in [-0.15, -0.1) is 0 Å². The highest BCUT2D eigenvalue weighted by molar-refractivity contribution is 6.30. The summed E-state index contributed by atoms with van der Waals surface area (Å²) < 4.78 is 5.39.